The van der Waals surface area contributed by atoms with Crippen molar-refractivity contribution in [2.24, 2.45) is 0 Å². The van der Waals surface area contributed by atoms with Crippen LogP contribution >= 0.6 is 0 Å². The lowest BCUT2D eigenvalue weighted by Gasteiger charge is -2.16. The molecule has 6 nitrogen and oxygen atoms in total. The normalized spacial score (nSPS) is 29.4. The minimum atomic E-state index is -1.03. The minimum Gasteiger partial charge on any atom is -0.395 e. The maximum absolute atomic E-state index is 12.0. The first-order chi connectivity index (χ1) is 9.52. The molecule has 1 amide bonds. The van der Waals surface area contributed by atoms with Crippen LogP contribution < -0.4 is 10.6 Å². The fraction of sp³-hybridized carbons (Fsp3) is 0.500. The Morgan fingerprint density at radius 3 is 2.60 bits per heavy atom. The van der Waals surface area contributed by atoms with E-state index in [1.807, 2.05) is 13.0 Å². The summed E-state index contributed by atoms with van der Waals surface area (Å²) in [5.41, 5.74) is 1.55. The second-order valence-corrected chi connectivity index (χ2v) is 5.12. The highest BCUT2D eigenvalue weighted by Crippen LogP contribution is 2.14. The third-order valence-corrected chi connectivity index (χ3v) is 3.56. The molecule has 6 heteroatoms. The van der Waals surface area contributed by atoms with Gasteiger partial charge in [0, 0.05) is 12.1 Å². The average Bonchev–Trinajstić information content (AvgIpc) is 2.72. The number of hydrogen-bond donors (Lipinski definition) is 5. The zero-order valence-electron chi connectivity index (χ0n) is 11.3. The SMILES string of the molecule is Cc1cccc(C(=O)NC[C@@H]2N[C@H](CO)[C@H](O)[C@@H]2O)c1. The highest BCUT2D eigenvalue weighted by atomic mass is 16.3. The Labute approximate surface area is 117 Å². The first-order valence-corrected chi connectivity index (χ1v) is 6.61. The number of rotatable bonds is 4. The first-order valence-electron chi connectivity index (χ1n) is 6.61. The molecular formula is C14H20N2O4. The smallest absolute Gasteiger partial charge is 0.251 e. The Bertz CT molecular complexity index is 480. The molecule has 5 N–H and O–H groups in total. The maximum Gasteiger partial charge on any atom is 0.251 e. The molecule has 1 fully saturated rings. The second kappa shape index (κ2) is 6.32. The van der Waals surface area contributed by atoms with E-state index in [9.17, 15) is 15.0 Å². The van der Waals surface area contributed by atoms with E-state index in [0.29, 0.717) is 5.56 Å². The summed E-state index contributed by atoms with van der Waals surface area (Å²) in [5, 5.41) is 34.1. The average molecular weight is 280 g/mol. The molecule has 0 aromatic heterocycles. The Morgan fingerprint density at radius 1 is 1.30 bits per heavy atom. The van der Waals surface area contributed by atoms with Gasteiger partial charge in [0.25, 0.3) is 5.91 Å². The summed E-state index contributed by atoms with van der Waals surface area (Å²) in [5.74, 6) is -0.232. The molecular weight excluding hydrogens is 260 g/mol. The molecule has 1 saturated heterocycles. The summed E-state index contributed by atoms with van der Waals surface area (Å²) in [6, 6.07) is 6.16. The molecule has 0 unspecified atom stereocenters. The summed E-state index contributed by atoms with van der Waals surface area (Å²) >= 11 is 0. The lowest BCUT2D eigenvalue weighted by atomic mass is 10.1. The quantitative estimate of drug-likeness (QED) is 0.476. The van der Waals surface area contributed by atoms with Crippen molar-refractivity contribution in [2.75, 3.05) is 13.2 Å². The predicted octanol–water partition coefficient (Wildman–Crippen LogP) is -1.22. The molecule has 2 rings (SSSR count). The summed E-state index contributed by atoms with van der Waals surface area (Å²) < 4.78 is 0. The van der Waals surface area contributed by atoms with Crippen LogP contribution in [0.3, 0.4) is 0 Å². The zero-order valence-corrected chi connectivity index (χ0v) is 11.3. The number of carbonyl (C=O) groups excluding carboxylic acids is 1. The molecule has 4 atom stereocenters. The standard InChI is InChI=1S/C14H20N2O4/c1-8-3-2-4-9(5-8)14(20)15-6-10-12(18)13(19)11(7-17)16-10/h2-5,10-13,16-19H,6-7H2,1H3,(H,15,20)/t10-,11+,12+,13-/m0/s1. The van der Waals surface area contributed by atoms with Crippen molar-refractivity contribution >= 4 is 5.91 Å². The molecule has 1 aromatic rings. The van der Waals surface area contributed by atoms with Gasteiger partial charge in [-0.15, -0.1) is 0 Å². The molecule has 0 bridgehead atoms. The van der Waals surface area contributed by atoms with Gasteiger partial charge in [-0.25, -0.2) is 0 Å². The fourth-order valence-electron chi connectivity index (χ4n) is 2.38. The number of hydrogen-bond acceptors (Lipinski definition) is 5. The van der Waals surface area contributed by atoms with E-state index < -0.39 is 24.3 Å². The van der Waals surface area contributed by atoms with Crippen molar-refractivity contribution < 1.29 is 20.1 Å². The summed E-state index contributed by atoms with van der Waals surface area (Å²) in [6.07, 6.45) is -2.04. The van der Waals surface area contributed by atoms with E-state index in [1.54, 1.807) is 18.2 Å². The van der Waals surface area contributed by atoms with Gasteiger partial charge in [-0.1, -0.05) is 17.7 Å². The molecule has 1 heterocycles. The molecule has 110 valence electrons. The van der Waals surface area contributed by atoms with Crippen molar-refractivity contribution in [3.8, 4) is 0 Å². The van der Waals surface area contributed by atoms with Crippen LogP contribution in [0.4, 0.5) is 0 Å². The van der Waals surface area contributed by atoms with Gasteiger partial charge in [0.2, 0.25) is 0 Å². The second-order valence-electron chi connectivity index (χ2n) is 5.12. The topological polar surface area (TPSA) is 102 Å². The van der Waals surface area contributed by atoms with Crippen molar-refractivity contribution in [1.29, 1.82) is 0 Å². The zero-order chi connectivity index (χ0) is 14.7. The third-order valence-electron chi connectivity index (χ3n) is 3.56. The van der Waals surface area contributed by atoms with Crippen LogP contribution in [0.15, 0.2) is 24.3 Å². The van der Waals surface area contributed by atoms with Crippen LogP contribution in [0.25, 0.3) is 0 Å². The Morgan fingerprint density at radius 2 is 2.00 bits per heavy atom. The molecule has 1 aliphatic heterocycles. The number of aliphatic hydroxyl groups is 3. The summed E-state index contributed by atoms with van der Waals surface area (Å²) in [7, 11) is 0. The number of benzene rings is 1. The molecule has 0 aliphatic carbocycles. The van der Waals surface area contributed by atoms with Crippen LogP contribution in [0.2, 0.25) is 0 Å². The monoisotopic (exact) mass is 280 g/mol. The van der Waals surface area contributed by atoms with Crippen molar-refractivity contribution in [1.82, 2.24) is 10.6 Å². The fourth-order valence-corrected chi connectivity index (χ4v) is 2.38. The summed E-state index contributed by atoms with van der Waals surface area (Å²) in [4.78, 5) is 12.0. The molecule has 0 radical (unpaired) electrons. The van der Waals surface area contributed by atoms with E-state index in [1.165, 1.54) is 0 Å². The van der Waals surface area contributed by atoms with E-state index in [4.69, 9.17) is 5.11 Å². The van der Waals surface area contributed by atoms with Crippen LogP contribution in [0.5, 0.6) is 0 Å². The van der Waals surface area contributed by atoms with E-state index >= 15 is 0 Å². The molecule has 1 aliphatic rings. The molecule has 1 aromatic carbocycles. The Kier molecular flexibility index (Phi) is 4.72. The number of amides is 1. The number of aliphatic hydroxyl groups excluding tert-OH is 3. The van der Waals surface area contributed by atoms with Crippen LogP contribution in [0.1, 0.15) is 15.9 Å². The Balaban J connectivity index is 1.91. The van der Waals surface area contributed by atoms with E-state index in [-0.39, 0.29) is 19.1 Å². The van der Waals surface area contributed by atoms with Gasteiger partial charge in [0.05, 0.1) is 30.9 Å². The Hall–Kier alpha value is -1.47. The first kappa shape index (κ1) is 14.9. The van der Waals surface area contributed by atoms with Gasteiger partial charge in [0.15, 0.2) is 0 Å². The lowest BCUT2D eigenvalue weighted by Crippen LogP contribution is -2.44. The third kappa shape index (κ3) is 3.16. The highest BCUT2D eigenvalue weighted by molar-refractivity contribution is 5.94. The van der Waals surface area contributed by atoms with Gasteiger partial charge in [-0.2, -0.15) is 0 Å². The number of aryl methyl sites for hydroxylation is 1. The van der Waals surface area contributed by atoms with Crippen LogP contribution in [0, 0.1) is 6.92 Å². The van der Waals surface area contributed by atoms with Gasteiger partial charge < -0.3 is 26.0 Å². The van der Waals surface area contributed by atoms with Gasteiger partial charge >= 0.3 is 0 Å². The molecule has 0 saturated carbocycles. The molecule has 20 heavy (non-hydrogen) atoms. The number of carbonyl (C=O) groups is 1. The maximum atomic E-state index is 12.0. The van der Waals surface area contributed by atoms with Gasteiger partial charge in [-0.3, -0.25) is 4.79 Å². The van der Waals surface area contributed by atoms with E-state index in [0.717, 1.165) is 5.56 Å². The highest BCUT2D eigenvalue weighted by Gasteiger charge is 2.40. The van der Waals surface area contributed by atoms with Crippen molar-refractivity contribution in [3.63, 3.8) is 0 Å². The van der Waals surface area contributed by atoms with Crippen LogP contribution in [-0.4, -0.2) is 58.7 Å². The van der Waals surface area contributed by atoms with Crippen molar-refractivity contribution in [2.45, 2.75) is 31.2 Å². The summed E-state index contributed by atoms with van der Waals surface area (Å²) in [6.45, 7) is 1.82. The van der Waals surface area contributed by atoms with Gasteiger partial charge in [0.1, 0.15) is 0 Å². The largest absolute Gasteiger partial charge is 0.395 e. The minimum absolute atomic E-state index is 0.182. The van der Waals surface area contributed by atoms with Crippen LogP contribution in [-0.2, 0) is 0 Å². The van der Waals surface area contributed by atoms with Gasteiger partial charge in [-0.05, 0) is 19.1 Å². The van der Waals surface area contributed by atoms with E-state index in [2.05, 4.69) is 10.6 Å². The lowest BCUT2D eigenvalue weighted by molar-refractivity contribution is 0.0197. The molecule has 0 spiro atoms. The number of nitrogens with one attached hydrogen (secondary N) is 2. The predicted molar refractivity (Wildman–Crippen MR) is 73.3 cm³/mol. The van der Waals surface area contributed by atoms with Crippen molar-refractivity contribution in [3.05, 3.63) is 35.4 Å².